The Balaban J connectivity index is 1.69. The van der Waals surface area contributed by atoms with Gasteiger partial charge in [-0.3, -0.25) is 9.36 Å². The van der Waals surface area contributed by atoms with Crippen LogP contribution in [0.25, 0.3) is 11.4 Å². The molecule has 0 aliphatic carbocycles. The molecular weight excluding hydrogens is 408 g/mol. The lowest BCUT2D eigenvalue weighted by molar-refractivity contribution is 0.461. The average molecular weight is 427 g/mol. The van der Waals surface area contributed by atoms with Crippen molar-refractivity contribution in [2.45, 2.75) is 6.04 Å². The first kappa shape index (κ1) is 17.8. The summed E-state index contributed by atoms with van der Waals surface area (Å²) in [4.78, 5) is 27.5. The van der Waals surface area contributed by atoms with E-state index in [1.807, 2.05) is 18.2 Å². The summed E-state index contributed by atoms with van der Waals surface area (Å²) in [6.07, 6.45) is 3.11. The second kappa shape index (κ2) is 7.58. The van der Waals surface area contributed by atoms with Crippen LogP contribution in [0.4, 0.5) is 5.95 Å². The van der Waals surface area contributed by atoms with Gasteiger partial charge in [0.2, 0.25) is 5.95 Å². The van der Waals surface area contributed by atoms with E-state index in [0.717, 1.165) is 24.1 Å². The van der Waals surface area contributed by atoms with Crippen LogP contribution in [-0.2, 0) is 7.05 Å². The third kappa shape index (κ3) is 3.63. The minimum absolute atomic E-state index is 0.107. The molecule has 0 bridgehead atoms. The van der Waals surface area contributed by atoms with Crippen molar-refractivity contribution in [1.82, 2.24) is 24.8 Å². The van der Waals surface area contributed by atoms with Gasteiger partial charge in [-0.05, 0) is 17.7 Å². The van der Waals surface area contributed by atoms with Crippen molar-refractivity contribution in [1.29, 1.82) is 0 Å². The number of benzene rings is 1. The molecule has 3 aromatic rings. The van der Waals surface area contributed by atoms with E-state index in [2.05, 4.69) is 42.2 Å². The summed E-state index contributed by atoms with van der Waals surface area (Å²) in [7, 11) is 1.75. The van der Waals surface area contributed by atoms with E-state index >= 15 is 0 Å². The second-order valence-corrected chi connectivity index (χ2v) is 7.26. The molecule has 1 N–H and O–H groups in total. The van der Waals surface area contributed by atoms with Gasteiger partial charge in [-0.1, -0.05) is 34.1 Å². The van der Waals surface area contributed by atoms with Gasteiger partial charge >= 0.3 is 0 Å². The van der Waals surface area contributed by atoms with Crippen LogP contribution in [0.15, 0.2) is 58.2 Å². The summed E-state index contributed by atoms with van der Waals surface area (Å²) >= 11 is 3.63. The van der Waals surface area contributed by atoms with Crippen molar-refractivity contribution in [2.24, 2.45) is 7.05 Å². The molecule has 4 rings (SSSR count). The molecule has 0 amide bonds. The Morgan fingerprint density at radius 3 is 2.85 bits per heavy atom. The number of anilines is 1. The van der Waals surface area contributed by atoms with Gasteiger partial charge in [-0.2, -0.15) is 0 Å². The fraction of sp³-hybridized carbons (Fsp3) is 0.263. The molecule has 1 aliphatic rings. The lowest BCUT2D eigenvalue weighted by Crippen LogP contribution is -2.47. The average Bonchev–Trinajstić information content (AvgIpc) is 2.71. The Morgan fingerprint density at radius 1 is 1.22 bits per heavy atom. The van der Waals surface area contributed by atoms with E-state index < -0.39 is 0 Å². The van der Waals surface area contributed by atoms with Crippen LogP contribution in [0.5, 0.6) is 0 Å². The van der Waals surface area contributed by atoms with Crippen LogP contribution in [0.2, 0.25) is 0 Å². The van der Waals surface area contributed by atoms with Crippen molar-refractivity contribution < 1.29 is 0 Å². The summed E-state index contributed by atoms with van der Waals surface area (Å²) in [6, 6.07) is 11.6. The Kier molecular flexibility index (Phi) is 5.00. The summed E-state index contributed by atoms with van der Waals surface area (Å²) in [5, 5.41) is 3.55. The van der Waals surface area contributed by atoms with Crippen molar-refractivity contribution in [3.8, 4) is 11.4 Å². The highest BCUT2D eigenvalue weighted by atomic mass is 79.9. The number of halogens is 1. The predicted molar refractivity (Wildman–Crippen MR) is 108 cm³/mol. The topological polar surface area (TPSA) is 75.9 Å². The van der Waals surface area contributed by atoms with E-state index in [1.54, 1.807) is 23.9 Å². The highest BCUT2D eigenvalue weighted by molar-refractivity contribution is 9.10. The van der Waals surface area contributed by atoms with E-state index in [4.69, 9.17) is 4.98 Å². The number of nitrogens with one attached hydrogen (secondary N) is 1. The first-order valence-electron chi connectivity index (χ1n) is 8.70. The van der Waals surface area contributed by atoms with Gasteiger partial charge in [0.1, 0.15) is 6.33 Å². The largest absolute Gasteiger partial charge is 0.339 e. The predicted octanol–water partition coefficient (Wildman–Crippen LogP) is 2.15. The smallest absolute Gasteiger partial charge is 0.255 e. The Labute approximate surface area is 165 Å². The van der Waals surface area contributed by atoms with Crippen molar-refractivity contribution in [2.75, 3.05) is 24.5 Å². The summed E-state index contributed by atoms with van der Waals surface area (Å²) < 4.78 is 2.66. The molecule has 0 saturated carbocycles. The fourth-order valence-electron chi connectivity index (χ4n) is 3.28. The lowest BCUT2D eigenvalue weighted by atomic mass is 10.0. The molecular formula is C19H19BrN6O. The van der Waals surface area contributed by atoms with E-state index in [9.17, 15) is 4.79 Å². The molecule has 1 aliphatic heterocycles. The quantitative estimate of drug-likeness (QED) is 0.691. The van der Waals surface area contributed by atoms with Gasteiger partial charge in [0.15, 0.2) is 0 Å². The molecule has 1 saturated heterocycles. The minimum atomic E-state index is -0.107. The first-order valence-corrected chi connectivity index (χ1v) is 9.50. The molecule has 8 heteroatoms. The normalized spacial score (nSPS) is 17.1. The SMILES string of the molecule is Cn1c(N2CCNC(c3ccccc3Br)C2)nc(-c2ccncn2)cc1=O. The van der Waals surface area contributed by atoms with Crippen LogP contribution >= 0.6 is 15.9 Å². The maximum atomic E-state index is 12.5. The standard InChI is InChI=1S/C19H19BrN6O/c1-25-18(27)10-16(15-6-7-21-12-23-15)24-19(25)26-9-8-22-17(11-26)13-4-2-3-5-14(13)20/h2-7,10,12,17,22H,8-9,11H2,1H3. The Bertz CT molecular complexity index is 1010. The van der Waals surface area contributed by atoms with E-state index in [0.29, 0.717) is 17.3 Å². The van der Waals surface area contributed by atoms with Crippen LogP contribution in [-0.4, -0.2) is 39.2 Å². The van der Waals surface area contributed by atoms with Gasteiger partial charge in [-0.15, -0.1) is 0 Å². The zero-order chi connectivity index (χ0) is 18.8. The lowest BCUT2D eigenvalue weighted by Gasteiger charge is -2.35. The summed E-state index contributed by atoms with van der Waals surface area (Å²) in [5.41, 5.74) is 2.29. The maximum Gasteiger partial charge on any atom is 0.255 e. The monoisotopic (exact) mass is 426 g/mol. The molecule has 1 atom stereocenters. The van der Waals surface area contributed by atoms with Gasteiger partial charge in [-0.25, -0.2) is 15.0 Å². The molecule has 1 aromatic carbocycles. The zero-order valence-electron chi connectivity index (χ0n) is 14.8. The molecule has 0 spiro atoms. The number of piperazine rings is 1. The van der Waals surface area contributed by atoms with Gasteiger partial charge < -0.3 is 10.2 Å². The number of nitrogens with zero attached hydrogens (tertiary/aromatic N) is 5. The first-order chi connectivity index (χ1) is 13.1. The molecule has 7 nitrogen and oxygen atoms in total. The molecule has 3 heterocycles. The zero-order valence-corrected chi connectivity index (χ0v) is 16.4. The number of hydrogen-bond donors (Lipinski definition) is 1. The molecule has 2 aromatic heterocycles. The molecule has 138 valence electrons. The van der Waals surface area contributed by atoms with Crippen LogP contribution < -0.4 is 15.8 Å². The van der Waals surface area contributed by atoms with Crippen LogP contribution in [0.3, 0.4) is 0 Å². The van der Waals surface area contributed by atoms with Gasteiger partial charge in [0.05, 0.1) is 17.4 Å². The highest BCUT2D eigenvalue weighted by Gasteiger charge is 2.25. The fourth-order valence-corrected chi connectivity index (χ4v) is 3.84. The number of aromatic nitrogens is 4. The third-order valence-corrected chi connectivity index (χ3v) is 5.42. The van der Waals surface area contributed by atoms with Crippen molar-refractivity contribution in [3.05, 3.63) is 69.3 Å². The molecule has 0 radical (unpaired) electrons. The second-order valence-electron chi connectivity index (χ2n) is 6.41. The maximum absolute atomic E-state index is 12.5. The van der Waals surface area contributed by atoms with E-state index in [-0.39, 0.29) is 11.6 Å². The van der Waals surface area contributed by atoms with E-state index in [1.165, 1.54) is 18.0 Å². The minimum Gasteiger partial charge on any atom is -0.339 e. The van der Waals surface area contributed by atoms with Gasteiger partial charge in [0.25, 0.3) is 5.56 Å². The van der Waals surface area contributed by atoms with Crippen molar-refractivity contribution in [3.63, 3.8) is 0 Å². The third-order valence-electron chi connectivity index (χ3n) is 4.69. The summed E-state index contributed by atoms with van der Waals surface area (Å²) in [6.45, 7) is 2.30. The number of rotatable bonds is 3. The van der Waals surface area contributed by atoms with Crippen LogP contribution in [0, 0.1) is 0 Å². The Hall–Kier alpha value is -2.58. The molecule has 27 heavy (non-hydrogen) atoms. The van der Waals surface area contributed by atoms with Crippen molar-refractivity contribution >= 4 is 21.9 Å². The molecule has 1 fully saturated rings. The van der Waals surface area contributed by atoms with Crippen LogP contribution in [0.1, 0.15) is 11.6 Å². The molecule has 1 unspecified atom stereocenters. The highest BCUT2D eigenvalue weighted by Crippen LogP contribution is 2.27. The van der Waals surface area contributed by atoms with Gasteiger partial charge in [0, 0.05) is 43.4 Å². The summed E-state index contributed by atoms with van der Waals surface area (Å²) in [5.74, 6) is 0.648. The Morgan fingerprint density at radius 2 is 2.07 bits per heavy atom. The number of hydrogen-bond acceptors (Lipinski definition) is 6.